The van der Waals surface area contributed by atoms with Gasteiger partial charge in [0.2, 0.25) is 0 Å². The van der Waals surface area contributed by atoms with E-state index in [9.17, 15) is 0 Å². The van der Waals surface area contributed by atoms with E-state index in [1.807, 2.05) is 13.8 Å². The van der Waals surface area contributed by atoms with E-state index in [4.69, 9.17) is 15.9 Å². The number of rotatable bonds is 6. The van der Waals surface area contributed by atoms with Crippen molar-refractivity contribution in [2.75, 3.05) is 26.7 Å². The van der Waals surface area contributed by atoms with Crippen LogP contribution in [0, 0.1) is 10.8 Å². The maximum absolute atomic E-state index is 7.52. The van der Waals surface area contributed by atoms with Gasteiger partial charge >= 0.3 is 0 Å². The van der Waals surface area contributed by atoms with Gasteiger partial charge in [0.25, 0.3) is 0 Å². The summed E-state index contributed by atoms with van der Waals surface area (Å²) in [7, 11) is 1.80. The molecule has 4 heteroatoms. The third-order valence-electron chi connectivity index (χ3n) is 3.87. The standard InChI is InChI=1S/C13H27N3O/c1-13(2,12(14)15)7-4-8-16-9-5-11(17-3)6-10-16/h11H,4-10H2,1-3H3,(H3,14,15). The van der Waals surface area contributed by atoms with Gasteiger partial charge in [-0.3, -0.25) is 5.41 Å². The minimum absolute atomic E-state index is 0.148. The van der Waals surface area contributed by atoms with Crippen LogP contribution in [0.4, 0.5) is 0 Å². The fourth-order valence-electron chi connectivity index (χ4n) is 2.25. The zero-order valence-corrected chi connectivity index (χ0v) is 11.5. The molecule has 0 unspecified atom stereocenters. The third-order valence-corrected chi connectivity index (χ3v) is 3.87. The van der Waals surface area contributed by atoms with Crippen LogP contribution < -0.4 is 5.73 Å². The van der Waals surface area contributed by atoms with Gasteiger partial charge < -0.3 is 15.4 Å². The Morgan fingerprint density at radius 3 is 2.47 bits per heavy atom. The van der Waals surface area contributed by atoms with Gasteiger partial charge in [-0.05, 0) is 32.2 Å². The van der Waals surface area contributed by atoms with Crippen LogP contribution in [0.3, 0.4) is 0 Å². The van der Waals surface area contributed by atoms with E-state index in [2.05, 4.69) is 4.90 Å². The van der Waals surface area contributed by atoms with Crippen LogP contribution in [0.15, 0.2) is 0 Å². The Balaban J connectivity index is 2.18. The number of hydrogen-bond acceptors (Lipinski definition) is 3. The van der Waals surface area contributed by atoms with Crippen LogP contribution in [0.25, 0.3) is 0 Å². The average molecular weight is 241 g/mol. The second-order valence-electron chi connectivity index (χ2n) is 5.68. The largest absolute Gasteiger partial charge is 0.387 e. The van der Waals surface area contributed by atoms with E-state index < -0.39 is 0 Å². The van der Waals surface area contributed by atoms with Gasteiger partial charge in [-0.1, -0.05) is 13.8 Å². The van der Waals surface area contributed by atoms with E-state index in [0.29, 0.717) is 11.9 Å². The number of nitrogens with one attached hydrogen (secondary N) is 1. The summed E-state index contributed by atoms with van der Waals surface area (Å²) in [6.07, 6.45) is 4.86. The Labute approximate surface area is 105 Å². The molecule has 3 N–H and O–H groups in total. The van der Waals surface area contributed by atoms with Crippen LogP contribution in [-0.2, 0) is 4.74 Å². The van der Waals surface area contributed by atoms with E-state index in [1.54, 1.807) is 7.11 Å². The number of nitrogens with two attached hydrogens (primary N) is 1. The molecular formula is C13H27N3O. The summed E-state index contributed by atoms with van der Waals surface area (Å²) in [6.45, 7) is 7.49. The number of hydrogen-bond donors (Lipinski definition) is 2. The molecular weight excluding hydrogens is 214 g/mol. The second kappa shape index (κ2) is 6.36. The molecule has 1 saturated heterocycles. The minimum atomic E-state index is -0.148. The summed E-state index contributed by atoms with van der Waals surface area (Å²) in [6, 6.07) is 0. The average Bonchev–Trinajstić information content (AvgIpc) is 2.29. The summed E-state index contributed by atoms with van der Waals surface area (Å²) in [5.74, 6) is 0.301. The first kappa shape index (κ1) is 14.5. The topological polar surface area (TPSA) is 62.3 Å². The maximum atomic E-state index is 7.52. The second-order valence-corrected chi connectivity index (χ2v) is 5.68. The molecule has 0 aromatic rings. The van der Waals surface area contributed by atoms with Crippen molar-refractivity contribution in [3.63, 3.8) is 0 Å². The van der Waals surface area contributed by atoms with E-state index >= 15 is 0 Å². The van der Waals surface area contributed by atoms with Gasteiger partial charge in [0.05, 0.1) is 11.9 Å². The lowest BCUT2D eigenvalue weighted by atomic mass is 9.86. The highest BCUT2D eigenvalue weighted by atomic mass is 16.5. The molecule has 0 spiro atoms. The Kier molecular flexibility index (Phi) is 5.40. The van der Waals surface area contributed by atoms with Gasteiger partial charge in [0.1, 0.15) is 0 Å². The number of ether oxygens (including phenoxy) is 1. The lowest BCUT2D eigenvalue weighted by molar-refractivity contribution is 0.0403. The fourth-order valence-corrected chi connectivity index (χ4v) is 2.25. The van der Waals surface area contributed by atoms with Crippen molar-refractivity contribution in [3.05, 3.63) is 0 Å². The molecule has 0 aromatic carbocycles. The first-order chi connectivity index (χ1) is 7.95. The van der Waals surface area contributed by atoms with Crippen molar-refractivity contribution < 1.29 is 4.74 Å². The van der Waals surface area contributed by atoms with Crippen molar-refractivity contribution in [1.29, 1.82) is 5.41 Å². The monoisotopic (exact) mass is 241 g/mol. The van der Waals surface area contributed by atoms with E-state index in [1.165, 1.54) is 0 Å². The number of amidine groups is 1. The van der Waals surface area contributed by atoms with Crippen LogP contribution in [0.5, 0.6) is 0 Å². The van der Waals surface area contributed by atoms with Crippen LogP contribution in [-0.4, -0.2) is 43.6 Å². The minimum Gasteiger partial charge on any atom is -0.387 e. The van der Waals surface area contributed by atoms with E-state index in [-0.39, 0.29) is 5.41 Å². The summed E-state index contributed by atoms with van der Waals surface area (Å²) in [4.78, 5) is 2.49. The molecule has 0 atom stereocenters. The number of piperidine rings is 1. The lowest BCUT2D eigenvalue weighted by Crippen LogP contribution is -2.38. The summed E-state index contributed by atoms with van der Waals surface area (Å²) in [5, 5.41) is 7.52. The zero-order chi connectivity index (χ0) is 12.9. The smallest absolute Gasteiger partial charge is 0.0963 e. The van der Waals surface area contributed by atoms with Crippen LogP contribution in [0.2, 0.25) is 0 Å². The SMILES string of the molecule is COC1CCN(CCCC(C)(C)C(=N)N)CC1. The molecule has 0 aliphatic carbocycles. The molecule has 0 saturated carbocycles. The van der Waals surface area contributed by atoms with Crippen molar-refractivity contribution >= 4 is 5.84 Å². The van der Waals surface area contributed by atoms with Gasteiger partial charge in [-0.25, -0.2) is 0 Å². The van der Waals surface area contributed by atoms with Crippen LogP contribution >= 0.6 is 0 Å². The molecule has 0 amide bonds. The molecule has 1 aliphatic heterocycles. The summed E-state index contributed by atoms with van der Waals surface area (Å²) >= 11 is 0. The fraction of sp³-hybridized carbons (Fsp3) is 0.923. The Morgan fingerprint density at radius 1 is 1.41 bits per heavy atom. The molecule has 0 bridgehead atoms. The normalized spacial score (nSPS) is 19.5. The Hall–Kier alpha value is -0.610. The summed E-state index contributed by atoms with van der Waals surface area (Å²) in [5.41, 5.74) is 5.43. The summed E-state index contributed by atoms with van der Waals surface area (Å²) < 4.78 is 5.36. The molecule has 0 radical (unpaired) electrons. The lowest BCUT2D eigenvalue weighted by Gasteiger charge is -2.32. The molecule has 17 heavy (non-hydrogen) atoms. The van der Waals surface area contributed by atoms with Crippen molar-refractivity contribution in [2.45, 2.75) is 45.6 Å². The molecule has 100 valence electrons. The molecule has 1 rings (SSSR count). The van der Waals surface area contributed by atoms with Crippen molar-refractivity contribution in [2.24, 2.45) is 11.1 Å². The number of methoxy groups -OCH3 is 1. The highest BCUT2D eigenvalue weighted by molar-refractivity contribution is 5.82. The highest BCUT2D eigenvalue weighted by Gasteiger charge is 2.22. The zero-order valence-electron chi connectivity index (χ0n) is 11.5. The first-order valence-electron chi connectivity index (χ1n) is 6.55. The quantitative estimate of drug-likeness (QED) is 0.551. The highest BCUT2D eigenvalue weighted by Crippen LogP contribution is 2.22. The van der Waals surface area contributed by atoms with Gasteiger partial charge in [-0.2, -0.15) is 0 Å². The van der Waals surface area contributed by atoms with Gasteiger partial charge in [-0.15, -0.1) is 0 Å². The van der Waals surface area contributed by atoms with Gasteiger partial charge in [0.15, 0.2) is 0 Å². The molecule has 1 aliphatic rings. The Bertz CT molecular complexity index is 245. The van der Waals surface area contributed by atoms with Gasteiger partial charge in [0, 0.05) is 25.6 Å². The maximum Gasteiger partial charge on any atom is 0.0963 e. The van der Waals surface area contributed by atoms with Crippen molar-refractivity contribution in [1.82, 2.24) is 4.90 Å². The number of likely N-dealkylation sites (tertiary alicyclic amines) is 1. The van der Waals surface area contributed by atoms with E-state index in [0.717, 1.165) is 45.3 Å². The first-order valence-corrected chi connectivity index (χ1v) is 6.55. The van der Waals surface area contributed by atoms with Crippen LogP contribution in [0.1, 0.15) is 39.5 Å². The predicted octanol–water partition coefficient (Wildman–Crippen LogP) is 1.84. The molecule has 1 heterocycles. The van der Waals surface area contributed by atoms with Crippen molar-refractivity contribution in [3.8, 4) is 0 Å². The number of nitrogens with zero attached hydrogens (tertiary/aromatic N) is 1. The molecule has 0 aromatic heterocycles. The molecule has 4 nitrogen and oxygen atoms in total. The predicted molar refractivity (Wildman–Crippen MR) is 71.4 cm³/mol. The molecule has 1 fully saturated rings. The Morgan fingerprint density at radius 2 is 2.00 bits per heavy atom. The third kappa shape index (κ3) is 4.64.